The zero-order valence-electron chi connectivity index (χ0n) is 14.4. The predicted molar refractivity (Wildman–Crippen MR) is 97.5 cm³/mol. The lowest BCUT2D eigenvalue weighted by molar-refractivity contribution is 0.248. The number of methoxy groups -OCH3 is 1. The van der Waals surface area contributed by atoms with Gasteiger partial charge in [0.1, 0.15) is 11.8 Å². The number of fused-ring (bicyclic) bond motifs is 1. The minimum Gasteiger partial charge on any atom is -0.497 e. The number of nitrogens with zero attached hydrogens (tertiary/aromatic N) is 3. The zero-order chi connectivity index (χ0) is 17.2. The number of nitriles is 1. The summed E-state index contributed by atoms with van der Waals surface area (Å²) in [7, 11) is 1.69. The molecule has 0 amide bonds. The second kappa shape index (κ2) is 6.62. The van der Waals surface area contributed by atoms with Gasteiger partial charge in [-0.15, -0.1) is 0 Å². The van der Waals surface area contributed by atoms with Gasteiger partial charge in [-0.1, -0.05) is 18.2 Å². The summed E-state index contributed by atoms with van der Waals surface area (Å²) in [5, 5.41) is 9.62. The molecule has 1 aliphatic heterocycles. The summed E-state index contributed by atoms with van der Waals surface area (Å²) in [6.07, 6.45) is 6.44. The van der Waals surface area contributed by atoms with Gasteiger partial charge in [0, 0.05) is 30.5 Å². The van der Waals surface area contributed by atoms with Crippen LogP contribution in [-0.2, 0) is 6.54 Å². The largest absolute Gasteiger partial charge is 0.497 e. The Hall–Kier alpha value is -2.77. The first kappa shape index (κ1) is 15.7. The molecule has 4 rings (SSSR count). The molecule has 0 unspecified atom stereocenters. The van der Waals surface area contributed by atoms with Gasteiger partial charge in [-0.2, -0.15) is 5.26 Å². The number of rotatable bonds is 4. The van der Waals surface area contributed by atoms with Crippen molar-refractivity contribution in [3.05, 3.63) is 71.5 Å². The number of benzene rings is 1. The third-order valence-corrected chi connectivity index (χ3v) is 5.11. The molecule has 3 heterocycles. The summed E-state index contributed by atoms with van der Waals surface area (Å²) < 4.78 is 7.31. The van der Waals surface area contributed by atoms with E-state index >= 15 is 0 Å². The van der Waals surface area contributed by atoms with Crippen molar-refractivity contribution in [2.24, 2.45) is 0 Å². The van der Waals surface area contributed by atoms with Crippen molar-refractivity contribution in [1.29, 1.82) is 5.26 Å². The SMILES string of the molecule is COc1ccc([C@H]2CCCN2Cc2cn3ccccc3c2C#N)cc1. The van der Waals surface area contributed by atoms with Crippen LogP contribution in [0.3, 0.4) is 0 Å². The molecule has 1 saturated heterocycles. The van der Waals surface area contributed by atoms with Crippen LogP contribution in [0.2, 0.25) is 0 Å². The summed E-state index contributed by atoms with van der Waals surface area (Å²) in [5.41, 5.74) is 4.20. The molecule has 1 aromatic carbocycles. The average molecular weight is 331 g/mol. The van der Waals surface area contributed by atoms with Crippen LogP contribution in [0, 0.1) is 11.3 Å². The van der Waals surface area contributed by atoms with Gasteiger partial charge in [0.05, 0.1) is 18.2 Å². The predicted octanol–water partition coefficient (Wildman–Crippen LogP) is 4.16. The summed E-state index contributed by atoms with van der Waals surface area (Å²) in [5.74, 6) is 0.888. The van der Waals surface area contributed by atoms with E-state index in [1.807, 2.05) is 40.9 Å². The molecule has 0 saturated carbocycles. The Morgan fingerprint density at radius 2 is 2.04 bits per heavy atom. The van der Waals surface area contributed by atoms with E-state index in [9.17, 15) is 5.26 Å². The second-order valence-corrected chi connectivity index (χ2v) is 6.54. The molecule has 0 N–H and O–H groups in total. The van der Waals surface area contributed by atoms with Crippen LogP contribution >= 0.6 is 0 Å². The summed E-state index contributed by atoms with van der Waals surface area (Å²) in [4.78, 5) is 2.48. The Morgan fingerprint density at radius 3 is 2.80 bits per heavy atom. The molecule has 0 aliphatic carbocycles. The molecule has 1 aliphatic rings. The van der Waals surface area contributed by atoms with Crippen molar-refractivity contribution >= 4 is 5.52 Å². The maximum atomic E-state index is 9.62. The summed E-state index contributed by atoms with van der Waals surface area (Å²) in [6, 6.07) is 17.2. The lowest BCUT2D eigenvalue weighted by atomic mass is 10.0. The third-order valence-electron chi connectivity index (χ3n) is 5.11. The third kappa shape index (κ3) is 2.88. The first-order valence-corrected chi connectivity index (χ1v) is 8.67. The Morgan fingerprint density at radius 1 is 1.20 bits per heavy atom. The van der Waals surface area contributed by atoms with Crippen molar-refractivity contribution in [3.63, 3.8) is 0 Å². The smallest absolute Gasteiger partial charge is 0.118 e. The Balaban J connectivity index is 1.62. The first-order chi connectivity index (χ1) is 12.3. The highest BCUT2D eigenvalue weighted by atomic mass is 16.5. The Bertz CT molecular complexity index is 920. The molecule has 4 nitrogen and oxygen atoms in total. The summed E-state index contributed by atoms with van der Waals surface area (Å²) >= 11 is 0. The molecule has 1 atom stereocenters. The number of hydrogen-bond donors (Lipinski definition) is 0. The van der Waals surface area contributed by atoms with Crippen molar-refractivity contribution in [3.8, 4) is 11.8 Å². The van der Waals surface area contributed by atoms with Gasteiger partial charge >= 0.3 is 0 Å². The highest BCUT2D eigenvalue weighted by Crippen LogP contribution is 2.34. The van der Waals surface area contributed by atoms with Gasteiger partial charge in [0.25, 0.3) is 0 Å². The lowest BCUT2D eigenvalue weighted by Gasteiger charge is -2.24. The van der Waals surface area contributed by atoms with Gasteiger partial charge in [0.15, 0.2) is 0 Å². The van der Waals surface area contributed by atoms with Crippen molar-refractivity contribution in [2.75, 3.05) is 13.7 Å². The molecule has 126 valence electrons. The first-order valence-electron chi connectivity index (χ1n) is 8.67. The average Bonchev–Trinajstić information content (AvgIpc) is 3.26. The van der Waals surface area contributed by atoms with Crippen LogP contribution in [-0.4, -0.2) is 23.0 Å². The molecule has 0 radical (unpaired) electrons. The molecule has 0 bridgehead atoms. The van der Waals surface area contributed by atoms with Gasteiger partial charge in [-0.05, 0) is 49.2 Å². The van der Waals surface area contributed by atoms with E-state index in [4.69, 9.17) is 4.74 Å². The van der Waals surface area contributed by atoms with E-state index in [0.29, 0.717) is 6.04 Å². The standard InChI is InChI=1S/C21H21N3O/c1-25-18-9-7-16(8-10-18)20-6-4-12-23(20)14-17-15-24-11-3-2-5-21(24)19(17)13-22/h2-3,5,7-11,15,20H,4,6,12,14H2,1H3/t20-/m1/s1. The van der Waals surface area contributed by atoms with Crippen LogP contribution in [0.4, 0.5) is 0 Å². The maximum absolute atomic E-state index is 9.62. The van der Waals surface area contributed by atoms with Crippen LogP contribution in [0.5, 0.6) is 5.75 Å². The molecule has 3 aromatic rings. The quantitative estimate of drug-likeness (QED) is 0.721. The minimum atomic E-state index is 0.403. The summed E-state index contributed by atoms with van der Waals surface area (Å²) in [6.45, 7) is 1.87. The normalized spacial score (nSPS) is 17.7. The fourth-order valence-electron chi connectivity index (χ4n) is 3.86. The van der Waals surface area contributed by atoms with E-state index in [0.717, 1.165) is 41.9 Å². The van der Waals surface area contributed by atoms with E-state index in [1.165, 1.54) is 12.0 Å². The van der Waals surface area contributed by atoms with Crippen molar-refractivity contribution < 1.29 is 4.74 Å². The maximum Gasteiger partial charge on any atom is 0.118 e. The zero-order valence-corrected chi connectivity index (χ0v) is 14.4. The highest BCUT2D eigenvalue weighted by Gasteiger charge is 2.27. The van der Waals surface area contributed by atoms with Gasteiger partial charge in [-0.25, -0.2) is 0 Å². The molecule has 2 aromatic heterocycles. The molecule has 25 heavy (non-hydrogen) atoms. The number of aromatic nitrogens is 1. The minimum absolute atomic E-state index is 0.403. The fourth-order valence-corrected chi connectivity index (χ4v) is 3.86. The molecule has 0 spiro atoms. The van der Waals surface area contributed by atoms with Gasteiger partial charge in [-0.3, -0.25) is 4.90 Å². The van der Waals surface area contributed by atoms with E-state index in [2.05, 4.69) is 29.3 Å². The molecular weight excluding hydrogens is 310 g/mol. The lowest BCUT2D eigenvalue weighted by Crippen LogP contribution is -2.22. The van der Waals surface area contributed by atoms with Gasteiger partial charge < -0.3 is 9.14 Å². The second-order valence-electron chi connectivity index (χ2n) is 6.54. The fraction of sp³-hybridized carbons (Fsp3) is 0.286. The van der Waals surface area contributed by atoms with Crippen LogP contribution in [0.25, 0.3) is 5.52 Å². The molecule has 4 heteroatoms. The van der Waals surface area contributed by atoms with Crippen molar-refractivity contribution in [1.82, 2.24) is 9.30 Å². The van der Waals surface area contributed by atoms with Gasteiger partial charge in [0.2, 0.25) is 0 Å². The van der Waals surface area contributed by atoms with Crippen LogP contribution < -0.4 is 4.74 Å². The van der Waals surface area contributed by atoms with Crippen molar-refractivity contribution in [2.45, 2.75) is 25.4 Å². The highest BCUT2D eigenvalue weighted by molar-refractivity contribution is 5.65. The molecule has 1 fully saturated rings. The van der Waals surface area contributed by atoms with E-state index in [1.54, 1.807) is 7.11 Å². The topological polar surface area (TPSA) is 40.7 Å². The molecular formula is C21H21N3O. The number of pyridine rings is 1. The van der Waals surface area contributed by atoms with E-state index < -0.39 is 0 Å². The number of ether oxygens (including phenoxy) is 1. The number of hydrogen-bond acceptors (Lipinski definition) is 3. The van der Waals surface area contributed by atoms with E-state index in [-0.39, 0.29) is 0 Å². The monoisotopic (exact) mass is 331 g/mol. The number of likely N-dealkylation sites (tertiary alicyclic amines) is 1. The Kier molecular flexibility index (Phi) is 4.17. The van der Waals surface area contributed by atoms with Crippen LogP contribution in [0.1, 0.15) is 35.6 Å². The van der Waals surface area contributed by atoms with Crippen LogP contribution in [0.15, 0.2) is 54.9 Å². The Labute approximate surface area is 147 Å².